The van der Waals surface area contributed by atoms with Crippen LogP contribution < -0.4 is 10.1 Å². The lowest BCUT2D eigenvalue weighted by atomic mass is 10.1. The van der Waals surface area contributed by atoms with Crippen molar-refractivity contribution in [2.75, 3.05) is 7.11 Å². The van der Waals surface area contributed by atoms with E-state index in [0.29, 0.717) is 11.7 Å². The summed E-state index contributed by atoms with van der Waals surface area (Å²) in [5.41, 5.74) is 3.19. The second kappa shape index (κ2) is 10.8. The number of aromatic nitrogens is 4. The van der Waals surface area contributed by atoms with Gasteiger partial charge in [-0.15, -0.1) is 5.10 Å². The monoisotopic (exact) mass is 425 g/mol. The Morgan fingerprint density at radius 3 is 2.50 bits per heavy atom. The minimum absolute atomic E-state index is 0.0692. The average Bonchev–Trinajstić information content (AvgIpc) is 3.24. The lowest BCUT2D eigenvalue weighted by molar-refractivity contribution is -0.120. The van der Waals surface area contributed by atoms with Gasteiger partial charge in [0.15, 0.2) is 0 Å². The molecule has 158 valence electrons. The molecule has 1 atom stereocenters. The topological polar surface area (TPSA) is 81.9 Å². The summed E-state index contributed by atoms with van der Waals surface area (Å²) in [6, 6.07) is 15.9. The number of carbonyl (C=O) groups excluding carboxylic acids is 1. The molecule has 3 aromatic rings. The van der Waals surface area contributed by atoms with E-state index in [1.807, 2.05) is 43.3 Å². The molecule has 0 spiro atoms. The zero-order valence-electron chi connectivity index (χ0n) is 17.5. The average molecular weight is 426 g/mol. The van der Waals surface area contributed by atoms with Crippen molar-refractivity contribution in [3.05, 3.63) is 59.7 Å². The van der Waals surface area contributed by atoms with Gasteiger partial charge in [0.25, 0.3) is 0 Å². The van der Waals surface area contributed by atoms with Crippen molar-refractivity contribution in [3.8, 4) is 11.4 Å². The van der Waals surface area contributed by atoms with Crippen LogP contribution in [0.15, 0.2) is 53.7 Å². The van der Waals surface area contributed by atoms with Crippen LogP contribution in [0.3, 0.4) is 0 Å². The summed E-state index contributed by atoms with van der Waals surface area (Å²) in [6.07, 6.45) is 3.42. The van der Waals surface area contributed by atoms with Crippen LogP contribution in [0, 0.1) is 0 Å². The van der Waals surface area contributed by atoms with Crippen LogP contribution in [0.5, 0.6) is 5.75 Å². The van der Waals surface area contributed by atoms with Crippen LogP contribution in [0.2, 0.25) is 0 Å². The van der Waals surface area contributed by atoms with Gasteiger partial charge in [-0.05, 0) is 65.6 Å². The van der Waals surface area contributed by atoms with E-state index in [-0.39, 0.29) is 11.2 Å². The Bertz CT molecular complexity index is 941. The summed E-state index contributed by atoms with van der Waals surface area (Å²) in [6.45, 7) is 4.49. The van der Waals surface area contributed by atoms with Crippen molar-refractivity contribution >= 4 is 17.7 Å². The van der Waals surface area contributed by atoms with E-state index in [1.54, 1.807) is 11.8 Å². The fourth-order valence-electron chi connectivity index (χ4n) is 2.89. The Hall–Kier alpha value is -2.87. The number of nitrogens with one attached hydrogen (secondary N) is 1. The third kappa shape index (κ3) is 5.82. The van der Waals surface area contributed by atoms with Crippen LogP contribution in [0.25, 0.3) is 5.69 Å². The molecular formula is C22H27N5O2S. The third-order valence-corrected chi connectivity index (χ3v) is 5.75. The van der Waals surface area contributed by atoms with Crippen molar-refractivity contribution in [1.82, 2.24) is 25.5 Å². The van der Waals surface area contributed by atoms with Gasteiger partial charge in [0.2, 0.25) is 11.1 Å². The Balaban J connectivity index is 1.58. The molecule has 0 unspecified atom stereocenters. The first kappa shape index (κ1) is 21.8. The summed E-state index contributed by atoms with van der Waals surface area (Å²) in [4.78, 5) is 12.5. The normalized spacial score (nSPS) is 11.8. The first-order valence-corrected chi connectivity index (χ1v) is 10.9. The molecule has 0 aliphatic carbocycles. The van der Waals surface area contributed by atoms with Gasteiger partial charge in [-0.3, -0.25) is 4.79 Å². The third-order valence-electron chi connectivity index (χ3n) is 4.72. The fraction of sp³-hybridized carbons (Fsp3) is 0.364. The number of amides is 1. The maximum Gasteiger partial charge on any atom is 0.233 e. The zero-order chi connectivity index (χ0) is 21.3. The molecule has 2 aromatic carbocycles. The minimum atomic E-state index is -0.336. The van der Waals surface area contributed by atoms with Crippen LogP contribution in [0.1, 0.15) is 37.8 Å². The molecule has 1 N–H and O–H groups in total. The van der Waals surface area contributed by atoms with Gasteiger partial charge in [0, 0.05) is 6.54 Å². The number of tetrazole rings is 1. The number of carbonyl (C=O) groups is 1. The Morgan fingerprint density at radius 2 is 1.83 bits per heavy atom. The van der Waals surface area contributed by atoms with E-state index in [9.17, 15) is 4.79 Å². The lowest BCUT2D eigenvalue weighted by Crippen LogP contribution is -2.30. The number of hydrogen-bond acceptors (Lipinski definition) is 6. The maximum absolute atomic E-state index is 12.5. The Kier molecular flexibility index (Phi) is 7.84. The number of unbranched alkanes of at least 4 members (excludes halogenated alkanes) is 1. The number of nitrogens with zero attached hydrogens (tertiary/aromatic N) is 4. The van der Waals surface area contributed by atoms with Gasteiger partial charge < -0.3 is 10.1 Å². The first-order chi connectivity index (χ1) is 14.6. The Morgan fingerprint density at radius 1 is 1.13 bits per heavy atom. The number of hydrogen-bond donors (Lipinski definition) is 1. The number of thioether (sulfide) groups is 1. The zero-order valence-corrected chi connectivity index (χ0v) is 18.4. The van der Waals surface area contributed by atoms with Crippen LogP contribution >= 0.6 is 11.8 Å². The second-order valence-corrected chi connectivity index (χ2v) is 8.28. The molecule has 0 aliphatic rings. The predicted octanol–water partition coefficient (Wildman–Crippen LogP) is 3.81. The fourth-order valence-corrected chi connectivity index (χ4v) is 3.72. The molecule has 3 rings (SSSR count). The van der Waals surface area contributed by atoms with Crippen molar-refractivity contribution < 1.29 is 9.53 Å². The van der Waals surface area contributed by atoms with Gasteiger partial charge >= 0.3 is 0 Å². The predicted molar refractivity (Wildman–Crippen MR) is 118 cm³/mol. The number of methoxy groups -OCH3 is 1. The van der Waals surface area contributed by atoms with Gasteiger partial charge in [-0.1, -0.05) is 49.4 Å². The molecule has 0 radical (unpaired) electrons. The number of rotatable bonds is 10. The highest BCUT2D eigenvalue weighted by molar-refractivity contribution is 8.00. The largest absolute Gasteiger partial charge is 0.497 e. The molecule has 1 aromatic heterocycles. The second-order valence-electron chi connectivity index (χ2n) is 6.97. The maximum atomic E-state index is 12.5. The van der Waals surface area contributed by atoms with E-state index in [2.05, 4.69) is 39.9 Å². The molecule has 0 bridgehead atoms. The van der Waals surface area contributed by atoms with Gasteiger partial charge in [0.05, 0.1) is 18.0 Å². The number of aryl methyl sites for hydroxylation is 1. The SMILES string of the molecule is CCCCc1ccc(-n2nnnc2S[C@H](C)C(=O)NCc2ccc(OC)cc2)cc1. The van der Waals surface area contributed by atoms with E-state index in [0.717, 1.165) is 23.4 Å². The van der Waals surface area contributed by atoms with E-state index >= 15 is 0 Å². The smallest absolute Gasteiger partial charge is 0.233 e. The van der Waals surface area contributed by atoms with Crippen molar-refractivity contribution in [2.24, 2.45) is 0 Å². The van der Waals surface area contributed by atoms with Crippen LogP contribution in [0.4, 0.5) is 0 Å². The van der Waals surface area contributed by atoms with Crippen LogP contribution in [-0.2, 0) is 17.8 Å². The lowest BCUT2D eigenvalue weighted by Gasteiger charge is -2.12. The summed E-state index contributed by atoms with van der Waals surface area (Å²) >= 11 is 1.33. The summed E-state index contributed by atoms with van der Waals surface area (Å²) in [7, 11) is 1.63. The molecule has 1 amide bonds. The molecular weight excluding hydrogens is 398 g/mol. The van der Waals surface area contributed by atoms with E-state index < -0.39 is 0 Å². The highest BCUT2D eigenvalue weighted by Gasteiger charge is 2.19. The highest BCUT2D eigenvalue weighted by Crippen LogP contribution is 2.23. The standard InChI is InChI=1S/C22H27N5O2S/c1-4-5-6-17-7-11-19(12-8-17)27-22(24-25-26-27)30-16(2)21(28)23-15-18-9-13-20(29-3)14-10-18/h7-14,16H,4-6,15H2,1-3H3,(H,23,28)/t16-/m1/s1. The molecule has 30 heavy (non-hydrogen) atoms. The van der Waals surface area contributed by atoms with E-state index in [1.165, 1.54) is 30.2 Å². The van der Waals surface area contributed by atoms with Gasteiger partial charge in [0.1, 0.15) is 5.75 Å². The van der Waals surface area contributed by atoms with Crippen molar-refractivity contribution in [1.29, 1.82) is 0 Å². The van der Waals surface area contributed by atoms with Gasteiger partial charge in [-0.2, -0.15) is 4.68 Å². The molecule has 7 nitrogen and oxygen atoms in total. The summed E-state index contributed by atoms with van der Waals surface area (Å²) in [5, 5.41) is 15.2. The molecule has 8 heteroatoms. The van der Waals surface area contributed by atoms with Gasteiger partial charge in [-0.25, -0.2) is 0 Å². The summed E-state index contributed by atoms with van der Waals surface area (Å²) < 4.78 is 6.82. The summed E-state index contributed by atoms with van der Waals surface area (Å²) in [5.74, 6) is 0.722. The van der Waals surface area contributed by atoms with E-state index in [4.69, 9.17) is 4.74 Å². The number of benzene rings is 2. The first-order valence-electron chi connectivity index (χ1n) is 10.1. The van der Waals surface area contributed by atoms with Crippen LogP contribution in [-0.4, -0.2) is 38.5 Å². The highest BCUT2D eigenvalue weighted by atomic mass is 32.2. The quantitative estimate of drug-likeness (QED) is 0.498. The molecule has 0 fully saturated rings. The molecule has 1 heterocycles. The molecule has 0 saturated heterocycles. The van der Waals surface area contributed by atoms with Crippen molar-refractivity contribution in [2.45, 2.75) is 50.1 Å². The number of ether oxygens (including phenoxy) is 1. The minimum Gasteiger partial charge on any atom is -0.497 e. The Labute approximate surface area is 181 Å². The molecule has 0 saturated carbocycles. The molecule has 0 aliphatic heterocycles. The van der Waals surface area contributed by atoms with Crippen molar-refractivity contribution in [3.63, 3.8) is 0 Å².